The van der Waals surface area contributed by atoms with Gasteiger partial charge < -0.3 is 10.4 Å². The molecule has 0 aromatic heterocycles. The second-order valence-corrected chi connectivity index (χ2v) is 6.24. The molecule has 1 aliphatic heterocycles. The number of nitrogens with one attached hydrogen (secondary N) is 1. The lowest BCUT2D eigenvalue weighted by Gasteiger charge is -2.28. The van der Waals surface area contributed by atoms with Crippen molar-refractivity contribution in [2.24, 2.45) is 0 Å². The predicted molar refractivity (Wildman–Crippen MR) is 83.5 cm³/mol. The van der Waals surface area contributed by atoms with E-state index in [1.807, 2.05) is 0 Å². The van der Waals surface area contributed by atoms with Crippen molar-refractivity contribution in [1.29, 1.82) is 0 Å². The Bertz CT molecular complexity index is 190. The number of unbranched alkanes of at least 4 members (excludes halogenated alkanes) is 8. The Balaban J connectivity index is 1.84. The van der Waals surface area contributed by atoms with Crippen LogP contribution in [-0.4, -0.2) is 23.8 Å². The quantitative estimate of drug-likeness (QED) is 0.545. The maximum absolute atomic E-state index is 10.1. The maximum Gasteiger partial charge on any atom is 0.0693 e. The zero-order valence-electron chi connectivity index (χ0n) is 13.0. The van der Waals surface area contributed by atoms with Crippen LogP contribution < -0.4 is 5.32 Å². The largest absolute Gasteiger partial charge is 0.392 e. The lowest BCUT2D eigenvalue weighted by atomic mass is 9.96. The smallest absolute Gasteiger partial charge is 0.0693 e. The van der Waals surface area contributed by atoms with Gasteiger partial charge >= 0.3 is 0 Å². The van der Waals surface area contributed by atoms with Gasteiger partial charge in [0, 0.05) is 6.04 Å². The predicted octanol–water partition coefficient (Wildman–Crippen LogP) is 4.41. The van der Waals surface area contributed by atoms with Crippen molar-refractivity contribution in [2.45, 2.75) is 103 Å². The van der Waals surface area contributed by atoms with Gasteiger partial charge in [0.25, 0.3) is 0 Å². The number of rotatable bonds is 11. The second-order valence-electron chi connectivity index (χ2n) is 6.24. The number of hydrogen-bond acceptors (Lipinski definition) is 2. The Morgan fingerprint density at radius 2 is 1.58 bits per heavy atom. The van der Waals surface area contributed by atoms with E-state index in [2.05, 4.69) is 12.2 Å². The summed E-state index contributed by atoms with van der Waals surface area (Å²) in [7, 11) is 0. The lowest BCUT2D eigenvalue weighted by molar-refractivity contribution is 0.102. The van der Waals surface area contributed by atoms with Crippen molar-refractivity contribution in [3.63, 3.8) is 0 Å². The molecule has 0 aliphatic carbocycles. The molecule has 2 heteroatoms. The van der Waals surface area contributed by atoms with Crippen molar-refractivity contribution >= 4 is 0 Å². The highest BCUT2D eigenvalue weighted by Gasteiger charge is 2.20. The van der Waals surface area contributed by atoms with Gasteiger partial charge in [0.15, 0.2) is 0 Å². The van der Waals surface area contributed by atoms with E-state index >= 15 is 0 Å². The van der Waals surface area contributed by atoms with E-state index in [-0.39, 0.29) is 6.10 Å². The van der Waals surface area contributed by atoms with Crippen molar-refractivity contribution in [3.8, 4) is 0 Å². The van der Waals surface area contributed by atoms with Crippen molar-refractivity contribution in [3.05, 3.63) is 0 Å². The lowest BCUT2D eigenvalue weighted by Crippen LogP contribution is -2.43. The molecule has 1 heterocycles. The van der Waals surface area contributed by atoms with Gasteiger partial charge in [-0.1, -0.05) is 71.1 Å². The maximum atomic E-state index is 10.1. The Kier molecular flexibility index (Phi) is 10.5. The van der Waals surface area contributed by atoms with Gasteiger partial charge in [0.2, 0.25) is 0 Å². The molecular weight excluding hydrogens is 234 g/mol. The van der Waals surface area contributed by atoms with E-state index in [0.29, 0.717) is 6.04 Å². The first-order chi connectivity index (χ1) is 9.34. The molecule has 2 nitrogen and oxygen atoms in total. The van der Waals surface area contributed by atoms with Crippen LogP contribution in [0.15, 0.2) is 0 Å². The molecule has 0 radical (unpaired) electrons. The van der Waals surface area contributed by atoms with Crippen LogP contribution in [0.25, 0.3) is 0 Å². The minimum atomic E-state index is -0.107. The van der Waals surface area contributed by atoms with Gasteiger partial charge in [-0.3, -0.25) is 0 Å². The van der Waals surface area contributed by atoms with Crippen LogP contribution in [0.2, 0.25) is 0 Å². The minimum absolute atomic E-state index is 0.107. The molecule has 19 heavy (non-hydrogen) atoms. The zero-order valence-corrected chi connectivity index (χ0v) is 13.0. The van der Waals surface area contributed by atoms with Crippen LogP contribution in [0, 0.1) is 0 Å². The van der Waals surface area contributed by atoms with Gasteiger partial charge in [-0.15, -0.1) is 0 Å². The molecule has 2 unspecified atom stereocenters. The van der Waals surface area contributed by atoms with E-state index in [1.165, 1.54) is 77.0 Å². The van der Waals surface area contributed by atoms with Crippen LogP contribution >= 0.6 is 0 Å². The van der Waals surface area contributed by atoms with Gasteiger partial charge in [-0.2, -0.15) is 0 Å². The van der Waals surface area contributed by atoms with E-state index in [9.17, 15) is 5.11 Å². The molecule has 1 rings (SSSR count). The Hall–Kier alpha value is -0.0800. The Labute approximate surface area is 120 Å². The molecule has 0 spiro atoms. The van der Waals surface area contributed by atoms with Crippen LogP contribution in [0.5, 0.6) is 0 Å². The summed E-state index contributed by atoms with van der Waals surface area (Å²) in [5, 5.41) is 13.6. The van der Waals surface area contributed by atoms with E-state index in [0.717, 1.165) is 13.0 Å². The second kappa shape index (κ2) is 11.7. The molecule has 2 atom stereocenters. The number of hydrogen-bond donors (Lipinski definition) is 2. The van der Waals surface area contributed by atoms with Crippen molar-refractivity contribution in [1.82, 2.24) is 5.32 Å². The van der Waals surface area contributed by atoms with Crippen LogP contribution in [0.3, 0.4) is 0 Å². The van der Waals surface area contributed by atoms with Gasteiger partial charge in [0.1, 0.15) is 0 Å². The first kappa shape index (κ1) is 17.0. The number of aliphatic hydroxyl groups excluding tert-OH is 1. The summed E-state index contributed by atoms with van der Waals surface area (Å²) < 4.78 is 0. The van der Waals surface area contributed by atoms with Crippen LogP contribution in [0.1, 0.15) is 90.4 Å². The molecule has 0 amide bonds. The fraction of sp³-hybridized carbons (Fsp3) is 1.00. The van der Waals surface area contributed by atoms with Crippen molar-refractivity contribution < 1.29 is 5.11 Å². The molecule has 0 aromatic carbocycles. The molecule has 1 aliphatic rings. The summed E-state index contributed by atoms with van der Waals surface area (Å²) in [6.45, 7) is 3.37. The monoisotopic (exact) mass is 269 g/mol. The summed E-state index contributed by atoms with van der Waals surface area (Å²) in [5.74, 6) is 0. The first-order valence-corrected chi connectivity index (χ1v) is 8.76. The topological polar surface area (TPSA) is 32.3 Å². The third-order valence-corrected chi connectivity index (χ3v) is 4.42. The molecular formula is C17H35NO. The van der Waals surface area contributed by atoms with Gasteiger partial charge in [0.05, 0.1) is 6.10 Å². The summed E-state index contributed by atoms with van der Waals surface area (Å²) >= 11 is 0. The molecule has 0 aromatic rings. The third-order valence-electron chi connectivity index (χ3n) is 4.42. The average molecular weight is 269 g/mol. The summed E-state index contributed by atoms with van der Waals surface area (Å²) in [6.07, 6.45) is 16.9. The normalized spacial score (nSPS) is 21.5. The highest BCUT2D eigenvalue weighted by atomic mass is 16.3. The zero-order chi connectivity index (χ0) is 13.8. The summed E-state index contributed by atoms with van der Waals surface area (Å²) in [5.41, 5.74) is 0. The number of aliphatic hydroxyl groups is 1. The summed E-state index contributed by atoms with van der Waals surface area (Å²) in [6, 6.07) is 0.378. The van der Waals surface area contributed by atoms with Crippen molar-refractivity contribution in [2.75, 3.05) is 6.54 Å². The third kappa shape index (κ3) is 8.65. The standard InChI is InChI=1S/C17H35NO/c1-2-3-4-5-6-7-8-9-10-14-17(19)16-13-11-12-15-18-16/h16-19H,2-15H2,1H3. The minimum Gasteiger partial charge on any atom is -0.392 e. The molecule has 2 N–H and O–H groups in total. The highest BCUT2D eigenvalue weighted by molar-refractivity contribution is 4.79. The summed E-state index contributed by atoms with van der Waals surface area (Å²) in [4.78, 5) is 0. The number of piperidine rings is 1. The van der Waals surface area contributed by atoms with Crippen LogP contribution in [-0.2, 0) is 0 Å². The fourth-order valence-corrected chi connectivity index (χ4v) is 3.07. The SMILES string of the molecule is CCCCCCCCCCCC(O)C1CCCCN1. The molecule has 114 valence electrons. The van der Waals surface area contributed by atoms with Gasteiger partial charge in [-0.25, -0.2) is 0 Å². The fourth-order valence-electron chi connectivity index (χ4n) is 3.07. The Morgan fingerprint density at radius 1 is 0.947 bits per heavy atom. The molecule has 1 saturated heterocycles. The molecule has 0 bridgehead atoms. The van der Waals surface area contributed by atoms with E-state index in [4.69, 9.17) is 0 Å². The molecule has 0 saturated carbocycles. The van der Waals surface area contributed by atoms with Gasteiger partial charge in [-0.05, 0) is 25.8 Å². The first-order valence-electron chi connectivity index (χ1n) is 8.76. The Morgan fingerprint density at radius 3 is 2.16 bits per heavy atom. The van der Waals surface area contributed by atoms with E-state index in [1.54, 1.807) is 0 Å². The van der Waals surface area contributed by atoms with Crippen LogP contribution in [0.4, 0.5) is 0 Å². The highest BCUT2D eigenvalue weighted by Crippen LogP contribution is 2.16. The molecule has 1 fully saturated rings. The average Bonchev–Trinajstić information content (AvgIpc) is 2.46. The van der Waals surface area contributed by atoms with E-state index < -0.39 is 0 Å².